The third-order valence-corrected chi connectivity index (χ3v) is 13.0. The van der Waals surface area contributed by atoms with E-state index in [1.165, 1.54) is 0 Å². The summed E-state index contributed by atoms with van der Waals surface area (Å²) in [5, 5.41) is 0.0183. The van der Waals surface area contributed by atoms with Gasteiger partial charge in [-0.15, -0.1) is 0 Å². The molecule has 0 spiro atoms. The fourth-order valence-electron chi connectivity index (χ4n) is 5.10. The number of hydrogen-bond acceptors (Lipinski definition) is 5. The fourth-order valence-corrected chi connectivity index (χ4v) is 6.33. The Bertz CT molecular complexity index is 1370. The van der Waals surface area contributed by atoms with E-state index in [0.717, 1.165) is 22.5 Å². The summed E-state index contributed by atoms with van der Waals surface area (Å²) in [7, 11) is -2.21. The number of fused-ring (bicyclic) bond motifs is 1. The van der Waals surface area contributed by atoms with Crippen molar-refractivity contribution >= 4 is 8.32 Å². The maximum atomic E-state index is 7.14. The molecule has 1 aromatic heterocycles. The number of ether oxygens (including phenoxy) is 3. The van der Waals surface area contributed by atoms with Gasteiger partial charge < -0.3 is 23.2 Å². The first-order valence-electron chi connectivity index (χ1n) is 14.9. The van der Waals surface area contributed by atoms with Crippen molar-refractivity contribution < 1.29 is 18.6 Å². The molecule has 7 heteroatoms. The van der Waals surface area contributed by atoms with Crippen molar-refractivity contribution in [2.75, 3.05) is 6.61 Å². The van der Waals surface area contributed by atoms with Gasteiger partial charge in [-0.25, -0.2) is 4.98 Å². The molecule has 0 N–H and O–H groups in total. The van der Waals surface area contributed by atoms with Crippen LogP contribution < -0.4 is 0 Å². The summed E-state index contributed by atoms with van der Waals surface area (Å²) in [6.07, 6.45) is 2.79. The first-order valence-corrected chi connectivity index (χ1v) is 17.8. The molecule has 0 aliphatic carbocycles. The largest absolute Gasteiger partial charge is 0.404 e. The van der Waals surface area contributed by atoms with Gasteiger partial charge in [0.1, 0.15) is 24.1 Å². The highest BCUT2D eigenvalue weighted by Gasteiger charge is 2.50. The Hall–Kier alpha value is -3.07. The van der Waals surface area contributed by atoms with Gasteiger partial charge in [0.05, 0.1) is 32.5 Å². The van der Waals surface area contributed by atoms with Gasteiger partial charge >= 0.3 is 0 Å². The quantitative estimate of drug-likeness (QED) is 0.159. The summed E-state index contributed by atoms with van der Waals surface area (Å²) in [6.45, 7) is 13.2. The predicted octanol–water partition coefficient (Wildman–Crippen LogP) is 7.89. The molecule has 0 fully saturated rings. The maximum absolute atomic E-state index is 7.14. The molecule has 0 unspecified atom stereocenters. The normalized spacial score (nSPS) is 20.8. The molecule has 0 radical (unpaired) electrons. The van der Waals surface area contributed by atoms with Crippen LogP contribution in [-0.4, -0.2) is 36.7 Å². The van der Waals surface area contributed by atoms with Crippen LogP contribution in [0.1, 0.15) is 55.4 Å². The van der Waals surface area contributed by atoms with Crippen molar-refractivity contribution in [3.8, 4) is 0 Å². The first kappa shape index (κ1) is 30.4. The van der Waals surface area contributed by atoms with Gasteiger partial charge in [0, 0.05) is 12.4 Å². The monoisotopic (exact) mass is 584 g/mol. The topological polar surface area (TPSA) is 54.7 Å². The van der Waals surface area contributed by atoms with E-state index >= 15 is 0 Å². The minimum Gasteiger partial charge on any atom is -0.404 e. The van der Waals surface area contributed by atoms with Crippen LogP contribution in [0.4, 0.5) is 0 Å². The van der Waals surface area contributed by atoms with E-state index in [-0.39, 0.29) is 29.4 Å². The second-order valence-corrected chi connectivity index (χ2v) is 17.3. The Labute approximate surface area is 251 Å². The summed E-state index contributed by atoms with van der Waals surface area (Å²) in [4.78, 5) is 4.85. The first-order chi connectivity index (χ1) is 20.2. The number of aromatic nitrogens is 2. The Morgan fingerprint density at radius 1 is 0.714 bits per heavy atom. The summed E-state index contributed by atoms with van der Waals surface area (Å²) >= 11 is 0. The van der Waals surface area contributed by atoms with Gasteiger partial charge in [0.2, 0.25) is 0 Å². The van der Waals surface area contributed by atoms with Crippen molar-refractivity contribution in [2.45, 2.75) is 83.1 Å². The predicted molar refractivity (Wildman–Crippen MR) is 168 cm³/mol. The van der Waals surface area contributed by atoms with Gasteiger partial charge in [-0.2, -0.15) is 0 Å². The highest BCUT2D eigenvalue weighted by Crippen LogP contribution is 2.45. The number of nitrogens with zero attached hydrogens (tertiary/aromatic N) is 2. The van der Waals surface area contributed by atoms with E-state index in [4.69, 9.17) is 23.6 Å². The van der Waals surface area contributed by atoms with Crippen molar-refractivity contribution in [3.63, 3.8) is 0 Å². The number of hydrogen-bond donors (Lipinski definition) is 0. The molecule has 42 heavy (non-hydrogen) atoms. The Balaban J connectivity index is 1.50. The van der Waals surface area contributed by atoms with Gasteiger partial charge in [0.25, 0.3) is 0 Å². The molecule has 4 aromatic rings. The molecule has 0 bridgehead atoms. The molecule has 5 rings (SSSR count). The van der Waals surface area contributed by atoms with E-state index in [1.54, 1.807) is 0 Å². The SMILES string of the molecule is CC(C)(C)[Si](C)(C)O[C@H]1c2nccn2[C@H](COCc2ccccc2)[C@@H](OCc2ccccc2)[C@@H]1OCc1ccccc1. The molecule has 1 aliphatic rings. The van der Waals surface area contributed by atoms with Crippen molar-refractivity contribution in [3.05, 3.63) is 126 Å². The Morgan fingerprint density at radius 3 is 1.74 bits per heavy atom. The number of rotatable bonds is 12. The molecule has 0 saturated heterocycles. The lowest BCUT2D eigenvalue weighted by atomic mass is 9.95. The Morgan fingerprint density at radius 2 is 1.21 bits per heavy atom. The van der Waals surface area contributed by atoms with Crippen LogP contribution in [0.15, 0.2) is 103 Å². The molecule has 222 valence electrons. The highest BCUT2D eigenvalue weighted by molar-refractivity contribution is 6.74. The second kappa shape index (κ2) is 13.5. The molecule has 4 atom stereocenters. The van der Waals surface area contributed by atoms with E-state index in [2.05, 4.69) is 74.8 Å². The minimum atomic E-state index is -2.21. The van der Waals surface area contributed by atoms with Crippen molar-refractivity contribution in [1.29, 1.82) is 0 Å². The van der Waals surface area contributed by atoms with Crippen LogP contribution in [-0.2, 0) is 38.5 Å². The van der Waals surface area contributed by atoms with Crippen molar-refractivity contribution in [2.24, 2.45) is 0 Å². The molecule has 3 aromatic carbocycles. The highest BCUT2D eigenvalue weighted by atomic mass is 28.4. The molecular formula is C35H44N2O4Si. The van der Waals surface area contributed by atoms with Gasteiger partial charge in [-0.1, -0.05) is 112 Å². The van der Waals surface area contributed by atoms with E-state index in [1.807, 2.05) is 67.0 Å². The molecule has 0 amide bonds. The maximum Gasteiger partial charge on any atom is 0.193 e. The van der Waals surface area contributed by atoms with Crippen LogP contribution in [0.2, 0.25) is 18.1 Å². The zero-order valence-electron chi connectivity index (χ0n) is 25.5. The van der Waals surface area contributed by atoms with Crippen LogP contribution in [0.25, 0.3) is 0 Å². The average Bonchev–Trinajstić information content (AvgIpc) is 3.47. The zero-order valence-corrected chi connectivity index (χ0v) is 26.5. The van der Waals surface area contributed by atoms with Gasteiger partial charge in [-0.05, 0) is 34.8 Å². The van der Waals surface area contributed by atoms with Crippen molar-refractivity contribution in [1.82, 2.24) is 9.55 Å². The molecule has 0 saturated carbocycles. The fraction of sp³-hybridized carbons (Fsp3) is 0.400. The number of imidazole rings is 1. The second-order valence-electron chi connectivity index (χ2n) is 12.6. The summed E-state index contributed by atoms with van der Waals surface area (Å²) in [5.74, 6) is 0.866. The van der Waals surface area contributed by atoms with Crippen LogP contribution in [0.5, 0.6) is 0 Å². The van der Waals surface area contributed by atoms with Gasteiger partial charge in [0.15, 0.2) is 8.32 Å². The Kier molecular flexibility index (Phi) is 9.76. The third kappa shape index (κ3) is 7.28. The standard InChI is InChI=1S/C35H44N2O4Si/c1-35(2,3)42(4,5)41-33-32(40-25-29-19-13-8-14-20-29)31(39-24-28-17-11-7-12-18-28)30(37-22-21-36-34(33)37)26-38-23-27-15-9-6-10-16-27/h6-22,30-33H,23-26H2,1-5H3/t30-,31-,32+,33-/m1/s1. The van der Waals surface area contributed by atoms with Crippen LogP contribution in [0.3, 0.4) is 0 Å². The van der Waals surface area contributed by atoms with E-state index in [9.17, 15) is 0 Å². The molecular weight excluding hydrogens is 540 g/mol. The molecule has 6 nitrogen and oxygen atoms in total. The van der Waals surface area contributed by atoms with Gasteiger partial charge in [-0.3, -0.25) is 0 Å². The van der Waals surface area contributed by atoms with E-state index in [0.29, 0.717) is 26.4 Å². The third-order valence-electron chi connectivity index (χ3n) is 8.51. The lowest BCUT2D eigenvalue weighted by Gasteiger charge is -2.47. The summed E-state index contributed by atoms with van der Waals surface area (Å²) < 4.78 is 29.3. The van der Waals surface area contributed by atoms with E-state index < -0.39 is 8.32 Å². The lowest BCUT2D eigenvalue weighted by Crippen LogP contribution is -2.53. The molecule has 2 heterocycles. The average molecular weight is 585 g/mol. The lowest BCUT2D eigenvalue weighted by molar-refractivity contribution is -0.169. The smallest absolute Gasteiger partial charge is 0.193 e. The minimum absolute atomic E-state index is 0.0183. The number of benzene rings is 3. The van der Waals surface area contributed by atoms with Crippen LogP contribution in [0, 0.1) is 0 Å². The zero-order chi connectivity index (χ0) is 29.6. The molecule has 1 aliphatic heterocycles. The summed E-state index contributed by atoms with van der Waals surface area (Å²) in [5.41, 5.74) is 3.36. The van der Waals surface area contributed by atoms with Crippen LogP contribution >= 0.6 is 0 Å². The summed E-state index contributed by atoms with van der Waals surface area (Å²) in [6, 6.07) is 30.7.